The number of nitrogens with zero attached hydrogens (tertiary/aromatic N) is 6. The first-order valence-corrected chi connectivity index (χ1v) is 10.6. The van der Waals surface area contributed by atoms with Crippen molar-refractivity contribution in [3.63, 3.8) is 0 Å². The van der Waals surface area contributed by atoms with E-state index in [1.54, 1.807) is 38.1 Å². The van der Waals surface area contributed by atoms with Crippen molar-refractivity contribution in [2.24, 2.45) is 0 Å². The molecular weight excluding hydrogens is 502 g/mol. The second-order valence-corrected chi connectivity index (χ2v) is 8.06. The maximum absolute atomic E-state index is 12.3. The van der Waals surface area contributed by atoms with Gasteiger partial charge in [-0.25, -0.2) is 19.9 Å². The summed E-state index contributed by atoms with van der Waals surface area (Å²) in [6, 6.07) is 6.83. The largest absolute Gasteiger partial charge is 0.451 e. The van der Waals surface area contributed by atoms with Crippen LogP contribution in [-0.4, -0.2) is 30.1 Å². The molecule has 0 unspecified atom stereocenters. The normalized spacial score (nSPS) is 11.6. The predicted molar refractivity (Wildman–Crippen MR) is 119 cm³/mol. The molecule has 4 aromatic heterocycles. The number of halogens is 6. The minimum absolute atomic E-state index is 0.458. The zero-order valence-electron chi connectivity index (χ0n) is 20.0. The molecule has 0 aliphatic heterocycles. The van der Waals surface area contributed by atoms with Gasteiger partial charge in [0.2, 0.25) is 23.0 Å². The van der Waals surface area contributed by atoms with Crippen LogP contribution in [0.5, 0.6) is 0 Å². The minimum Gasteiger partial charge on any atom is -0.285 e. The highest BCUT2D eigenvalue weighted by Crippen LogP contribution is 2.28. The summed E-state index contributed by atoms with van der Waals surface area (Å²) in [7, 11) is 0. The lowest BCUT2D eigenvalue weighted by Crippen LogP contribution is -2.36. The zero-order valence-corrected chi connectivity index (χ0v) is 20.0. The third-order valence-corrected chi connectivity index (χ3v) is 4.96. The fourth-order valence-electron chi connectivity index (χ4n) is 3.31. The molecule has 4 heterocycles. The van der Waals surface area contributed by atoms with Crippen molar-refractivity contribution < 1.29 is 36.3 Å². The van der Waals surface area contributed by atoms with Gasteiger partial charge in [0.05, 0.1) is 0 Å². The molecule has 0 saturated heterocycles. The van der Waals surface area contributed by atoms with E-state index < -0.39 is 24.0 Å². The van der Waals surface area contributed by atoms with Crippen molar-refractivity contribution in [1.29, 1.82) is 0 Å². The third-order valence-electron chi connectivity index (χ3n) is 4.96. The number of pyridine rings is 2. The minimum atomic E-state index is -4.55. The van der Waals surface area contributed by atoms with Gasteiger partial charge in [0.15, 0.2) is 0 Å². The molecule has 0 spiro atoms. The first kappa shape index (κ1) is 27.4. The predicted octanol–water partition coefficient (Wildman–Crippen LogP) is 5.48. The van der Waals surface area contributed by atoms with Crippen LogP contribution in [0.2, 0.25) is 0 Å². The van der Waals surface area contributed by atoms with E-state index in [9.17, 15) is 31.5 Å². The van der Waals surface area contributed by atoms with Gasteiger partial charge in [-0.05, 0) is 37.1 Å². The van der Waals surface area contributed by atoms with Crippen molar-refractivity contribution in [3.05, 3.63) is 83.5 Å². The molecule has 0 radical (unpaired) electrons. The van der Waals surface area contributed by atoms with E-state index >= 15 is 0 Å². The quantitative estimate of drug-likeness (QED) is 0.213. The van der Waals surface area contributed by atoms with Crippen LogP contribution < -0.4 is 4.73 Å². The van der Waals surface area contributed by atoms with E-state index in [2.05, 4.69) is 24.9 Å². The maximum Gasteiger partial charge on any atom is 0.451 e. The van der Waals surface area contributed by atoms with E-state index in [0.29, 0.717) is 28.1 Å². The van der Waals surface area contributed by atoms with Crippen LogP contribution in [0.4, 0.5) is 26.3 Å². The van der Waals surface area contributed by atoms with Gasteiger partial charge in [0.1, 0.15) is 0 Å². The van der Waals surface area contributed by atoms with E-state index in [4.69, 9.17) is 0 Å². The van der Waals surface area contributed by atoms with Crippen molar-refractivity contribution in [1.82, 2.24) is 24.9 Å². The van der Waals surface area contributed by atoms with Gasteiger partial charge in [-0.1, -0.05) is 0 Å². The first-order valence-electron chi connectivity index (χ1n) is 10.6. The molecule has 4 rings (SSSR count). The molecule has 1 N–H and O–H groups in total. The number of aryl methyl sites for hydroxylation is 4. The Balaban J connectivity index is 0.000000206. The monoisotopic (exact) mass is 523 g/mol. The van der Waals surface area contributed by atoms with Crippen molar-refractivity contribution in [2.45, 2.75) is 40.0 Å². The van der Waals surface area contributed by atoms with E-state index in [0.717, 1.165) is 34.1 Å². The summed E-state index contributed by atoms with van der Waals surface area (Å²) in [5.74, 6) is -2.30. The molecule has 0 fully saturated rings. The van der Waals surface area contributed by atoms with Crippen molar-refractivity contribution in [3.8, 4) is 22.3 Å². The summed E-state index contributed by atoms with van der Waals surface area (Å²) in [6.07, 6.45) is -4.48. The second-order valence-electron chi connectivity index (χ2n) is 8.06. The molecule has 0 atom stereocenters. The lowest BCUT2D eigenvalue weighted by Gasteiger charge is -2.06. The van der Waals surface area contributed by atoms with Gasteiger partial charge in [0.25, 0.3) is 0 Å². The Bertz CT molecular complexity index is 1340. The molecule has 0 amide bonds. The summed E-state index contributed by atoms with van der Waals surface area (Å²) in [5.41, 5.74) is 5.12. The molecule has 37 heavy (non-hydrogen) atoms. The fourth-order valence-corrected chi connectivity index (χ4v) is 3.31. The number of alkyl halides is 6. The lowest BCUT2D eigenvalue weighted by atomic mass is 10.1. The average molecular weight is 523 g/mol. The van der Waals surface area contributed by atoms with E-state index in [1.807, 2.05) is 13.8 Å². The summed E-state index contributed by atoms with van der Waals surface area (Å²) in [5, 5.41) is 9.57. The number of hydrogen-bond donors (Lipinski definition) is 1. The Morgan fingerprint density at radius 3 is 1.22 bits per heavy atom. The number of hydrogen-bond acceptors (Lipinski definition) is 6. The molecule has 0 saturated carbocycles. The molecule has 4 aromatic rings. The van der Waals surface area contributed by atoms with Crippen LogP contribution in [0, 0.1) is 27.7 Å². The second kappa shape index (κ2) is 10.4. The molecule has 13 heteroatoms. The molecule has 0 aromatic carbocycles. The van der Waals surface area contributed by atoms with Gasteiger partial charge >= 0.3 is 12.4 Å². The Kier molecular flexibility index (Phi) is 7.74. The highest BCUT2D eigenvalue weighted by atomic mass is 19.4. The fraction of sp³-hybridized carbons (Fsp3) is 0.250. The maximum atomic E-state index is 12.3. The Morgan fingerprint density at radius 2 is 0.892 bits per heavy atom. The van der Waals surface area contributed by atoms with Crippen molar-refractivity contribution >= 4 is 0 Å². The van der Waals surface area contributed by atoms with Crippen LogP contribution in [0.3, 0.4) is 0 Å². The molecule has 0 aliphatic rings. The third kappa shape index (κ3) is 6.96. The van der Waals surface area contributed by atoms with Gasteiger partial charge < -0.3 is 0 Å². The summed E-state index contributed by atoms with van der Waals surface area (Å²) < 4.78 is 75.0. The Labute approximate surface area is 207 Å². The first-order chi connectivity index (χ1) is 17.1. The molecule has 0 bridgehead atoms. The molecule has 7 nitrogen and oxygen atoms in total. The summed E-state index contributed by atoms with van der Waals surface area (Å²) in [6.45, 7) is 7.01. The standard InChI is InChI=1S/C12H11F3N3O.C12H10F3N3/c1-7-3-9(4-8(2)18(7)19)10-5-16-11(17-6-10)12(13,14)15;1-7-3-9(4-8(2)18-7)10-5-16-11(17-6-10)12(13,14)15/h3-6,19H,1-2H3;3-6H,1-2H3/q+1;. The molecular formula is C24H21F6N6O+. The highest BCUT2D eigenvalue weighted by Gasteiger charge is 2.35. The zero-order chi connectivity index (χ0) is 27.5. The van der Waals surface area contributed by atoms with Crippen LogP contribution in [0.25, 0.3) is 22.3 Å². The van der Waals surface area contributed by atoms with Crippen LogP contribution in [-0.2, 0) is 12.4 Å². The highest BCUT2D eigenvalue weighted by molar-refractivity contribution is 5.62. The van der Waals surface area contributed by atoms with Gasteiger partial charge in [-0.3, -0.25) is 10.2 Å². The number of aromatic nitrogens is 6. The topological polar surface area (TPSA) is 88.6 Å². The van der Waals surface area contributed by atoms with E-state index in [-0.39, 0.29) is 0 Å². The average Bonchev–Trinajstić information content (AvgIpc) is 2.81. The van der Waals surface area contributed by atoms with Gasteiger partial charge in [-0.15, -0.1) is 0 Å². The summed E-state index contributed by atoms with van der Waals surface area (Å²) in [4.78, 5) is 17.5. The molecule has 194 valence electrons. The smallest absolute Gasteiger partial charge is 0.285 e. The van der Waals surface area contributed by atoms with Crippen LogP contribution >= 0.6 is 0 Å². The SMILES string of the molecule is Cc1cc(-c2cnc(C(F)(F)F)nc2)cc(C)[n+]1O.Cc1cc(-c2cnc(C(F)(F)F)nc2)cc(C)n1. The summed E-state index contributed by atoms with van der Waals surface area (Å²) >= 11 is 0. The van der Waals surface area contributed by atoms with Crippen molar-refractivity contribution in [2.75, 3.05) is 0 Å². The Morgan fingerprint density at radius 1 is 0.568 bits per heavy atom. The molecule has 0 aliphatic carbocycles. The van der Waals surface area contributed by atoms with E-state index in [1.165, 1.54) is 12.4 Å². The number of rotatable bonds is 2. The Hall–Kier alpha value is -4.16. The van der Waals surface area contributed by atoms with Crippen LogP contribution in [0.1, 0.15) is 34.4 Å². The van der Waals surface area contributed by atoms with Gasteiger partial charge in [-0.2, -0.15) is 26.3 Å². The lowest BCUT2D eigenvalue weighted by molar-refractivity contribution is -0.912. The van der Waals surface area contributed by atoms with Crippen LogP contribution in [0.15, 0.2) is 49.1 Å². The van der Waals surface area contributed by atoms with Gasteiger partial charge in [0, 0.05) is 78.0 Å².